The zero-order valence-electron chi connectivity index (χ0n) is 12.9. The zero-order valence-corrected chi connectivity index (χ0v) is 12.9. The minimum Gasteiger partial charge on any atom is -0.0596 e. The second-order valence-electron chi connectivity index (χ2n) is 7.97. The van der Waals surface area contributed by atoms with Gasteiger partial charge in [0.05, 0.1) is 0 Å². The molecule has 0 radical (unpaired) electrons. The lowest BCUT2D eigenvalue weighted by molar-refractivity contribution is 0.289. The van der Waals surface area contributed by atoms with Gasteiger partial charge in [-0.05, 0) is 52.7 Å². The number of hydrogen-bond acceptors (Lipinski definition) is 0. The molecule has 0 N–H and O–H groups in total. The van der Waals surface area contributed by atoms with Crippen LogP contribution in [0.25, 0.3) is 0 Å². The molecular formula is C18H28. The minimum atomic E-state index is 0.259. The molecule has 0 spiro atoms. The SMILES string of the molecule is CC(C)(C)c1ccc2c(c1)C(C(C)(C)C)CCC2. The van der Waals surface area contributed by atoms with E-state index in [1.54, 1.807) is 11.1 Å². The van der Waals surface area contributed by atoms with E-state index in [0.29, 0.717) is 5.41 Å². The van der Waals surface area contributed by atoms with Crippen LogP contribution in [0.2, 0.25) is 0 Å². The van der Waals surface area contributed by atoms with Crippen LogP contribution in [-0.4, -0.2) is 0 Å². The highest BCUT2D eigenvalue weighted by atomic mass is 14.4. The molecule has 0 nitrogen and oxygen atoms in total. The molecule has 0 heterocycles. The second-order valence-corrected chi connectivity index (χ2v) is 7.97. The summed E-state index contributed by atoms with van der Waals surface area (Å²) in [5.74, 6) is 0.726. The summed E-state index contributed by atoms with van der Waals surface area (Å²) in [4.78, 5) is 0. The monoisotopic (exact) mass is 244 g/mol. The molecule has 100 valence electrons. The summed E-state index contributed by atoms with van der Waals surface area (Å²) in [6.45, 7) is 14.1. The van der Waals surface area contributed by atoms with Gasteiger partial charge in [-0.2, -0.15) is 0 Å². The lowest BCUT2D eigenvalue weighted by atomic mass is 9.68. The van der Waals surface area contributed by atoms with Gasteiger partial charge in [0, 0.05) is 0 Å². The van der Waals surface area contributed by atoms with Crippen LogP contribution in [0.4, 0.5) is 0 Å². The fraction of sp³-hybridized carbons (Fsp3) is 0.667. The van der Waals surface area contributed by atoms with E-state index >= 15 is 0 Å². The summed E-state index contributed by atoms with van der Waals surface area (Å²) in [7, 11) is 0. The molecular weight excluding hydrogens is 216 g/mol. The van der Waals surface area contributed by atoms with E-state index in [-0.39, 0.29) is 5.41 Å². The van der Waals surface area contributed by atoms with E-state index in [9.17, 15) is 0 Å². The van der Waals surface area contributed by atoms with Gasteiger partial charge in [-0.1, -0.05) is 59.7 Å². The predicted octanol–water partition coefficient (Wildman–Crippen LogP) is 5.45. The molecule has 0 bridgehead atoms. The summed E-state index contributed by atoms with van der Waals surface area (Å²) >= 11 is 0. The Balaban J connectivity index is 2.48. The van der Waals surface area contributed by atoms with Crippen LogP contribution in [0.3, 0.4) is 0 Å². The molecule has 1 atom stereocenters. The van der Waals surface area contributed by atoms with E-state index in [2.05, 4.69) is 59.7 Å². The molecule has 0 aliphatic heterocycles. The largest absolute Gasteiger partial charge is 0.0596 e. The first-order valence-electron chi connectivity index (χ1n) is 7.33. The molecule has 2 rings (SSSR count). The zero-order chi connectivity index (χ0) is 13.6. The molecule has 0 aromatic heterocycles. The van der Waals surface area contributed by atoms with Crippen LogP contribution in [0.5, 0.6) is 0 Å². The van der Waals surface area contributed by atoms with Gasteiger partial charge in [-0.3, -0.25) is 0 Å². The van der Waals surface area contributed by atoms with Crippen LogP contribution >= 0.6 is 0 Å². The third-order valence-electron chi connectivity index (χ3n) is 4.37. The number of rotatable bonds is 0. The Kier molecular flexibility index (Phi) is 3.34. The summed E-state index contributed by atoms with van der Waals surface area (Å²) in [5, 5.41) is 0. The van der Waals surface area contributed by atoms with Crippen molar-refractivity contribution in [3.8, 4) is 0 Å². The molecule has 0 amide bonds. The highest BCUT2D eigenvalue weighted by Crippen LogP contribution is 2.44. The number of benzene rings is 1. The van der Waals surface area contributed by atoms with Crippen LogP contribution < -0.4 is 0 Å². The predicted molar refractivity (Wildman–Crippen MR) is 80.3 cm³/mol. The normalized spacial score (nSPS) is 20.7. The maximum absolute atomic E-state index is 2.49. The van der Waals surface area contributed by atoms with E-state index in [4.69, 9.17) is 0 Å². The Hall–Kier alpha value is -0.780. The second kappa shape index (κ2) is 4.40. The minimum absolute atomic E-state index is 0.259. The Morgan fingerprint density at radius 3 is 2.22 bits per heavy atom. The van der Waals surface area contributed by atoms with Crippen molar-refractivity contribution in [1.29, 1.82) is 0 Å². The van der Waals surface area contributed by atoms with Gasteiger partial charge in [-0.25, -0.2) is 0 Å². The molecule has 1 aliphatic carbocycles. The fourth-order valence-electron chi connectivity index (χ4n) is 3.17. The summed E-state index contributed by atoms with van der Waals surface area (Å²) in [6.07, 6.45) is 3.97. The van der Waals surface area contributed by atoms with Crippen LogP contribution in [0, 0.1) is 5.41 Å². The van der Waals surface area contributed by atoms with Crippen molar-refractivity contribution in [3.05, 3.63) is 34.9 Å². The molecule has 0 heteroatoms. The van der Waals surface area contributed by atoms with Crippen molar-refractivity contribution in [2.45, 2.75) is 72.1 Å². The van der Waals surface area contributed by atoms with Crippen LogP contribution in [0.15, 0.2) is 18.2 Å². The van der Waals surface area contributed by atoms with Gasteiger partial charge < -0.3 is 0 Å². The van der Waals surface area contributed by atoms with Crippen molar-refractivity contribution in [3.63, 3.8) is 0 Å². The van der Waals surface area contributed by atoms with E-state index in [1.165, 1.54) is 24.8 Å². The first kappa shape index (κ1) is 13.6. The summed E-state index contributed by atoms with van der Waals surface area (Å²) in [5.41, 5.74) is 5.34. The molecule has 0 fully saturated rings. The third-order valence-corrected chi connectivity index (χ3v) is 4.37. The Morgan fingerprint density at radius 1 is 1.00 bits per heavy atom. The Labute approximate surface area is 113 Å². The summed E-state index contributed by atoms with van der Waals surface area (Å²) in [6, 6.07) is 7.21. The molecule has 0 saturated heterocycles. The first-order chi connectivity index (χ1) is 8.19. The quantitative estimate of drug-likeness (QED) is 0.569. The van der Waals surface area contributed by atoms with Crippen molar-refractivity contribution < 1.29 is 0 Å². The first-order valence-corrected chi connectivity index (χ1v) is 7.33. The average molecular weight is 244 g/mol. The molecule has 1 aliphatic rings. The highest BCUT2D eigenvalue weighted by molar-refractivity contribution is 5.39. The van der Waals surface area contributed by atoms with Gasteiger partial charge in [0.2, 0.25) is 0 Å². The molecule has 1 aromatic rings. The van der Waals surface area contributed by atoms with E-state index < -0.39 is 0 Å². The standard InChI is InChI=1S/C18H28/c1-17(2,3)14-11-10-13-8-7-9-16(15(13)12-14)18(4,5)6/h10-12,16H,7-9H2,1-6H3. The van der Waals surface area contributed by atoms with Crippen molar-refractivity contribution in [1.82, 2.24) is 0 Å². The Morgan fingerprint density at radius 2 is 1.67 bits per heavy atom. The highest BCUT2D eigenvalue weighted by Gasteiger charge is 2.31. The number of hydrogen-bond donors (Lipinski definition) is 0. The average Bonchev–Trinajstić information content (AvgIpc) is 2.25. The van der Waals surface area contributed by atoms with Crippen molar-refractivity contribution in [2.75, 3.05) is 0 Å². The van der Waals surface area contributed by atoms with Gasteiger partial charge in [0.15, 0.2) is 0 Å². The van der Waals surface area contributed by atoms with Crippen molar-refractivity contribution in [2.24, 2.45) is 5.41 Å². The number of fused-ring (bicyclic) bond motifs is 1. The van der Waals surface area contributed by atoms with Crippen molar-refractivity contribution >= 4 is 0 Å². The molecule has 18 heavy (non-hydrogen) atoms. The maximum Gasteiger partial charge on any atom is -0.0110 e. The third kappa shape index (κ3) is 2.63. The fourth-order valence-corrected chi connectivity index (χ4v) is 3.17. The van der Waals surface area contributed by atoms with Gasteiger partial charge >= 0.3 is 0 Å². The van der Waals surface area contributed by atoms with Crippen LogP contribution in [0.1, 0.15) is 77.0 Å². The Bertz CT molecular complexity index is 426. The molecule has 1 unspecified atom stereocenters. The topological polar surface area (TPSA) is 0 Å². The smallest absolute Gasteiger partial charge is 0.0110 e. The van der Waals surface area contributed by atoms with E-state index in [1.807, 2.05) is 0 Å². The molecule has 0 saturated carbocycles. The lowest BCUT2D eigenvalue weighted by Crippen LogP contribution is -2.24. The molecule has 1 aromatic carbocycles. The summed E-state index contributed by atoms with van der Waals surface area (Å²) < 4.78 is 0. The number of aryl methyl sites for hydroxylation is 1. The maximum atomic E-state index is 2.49. The van der Waals surface area contributed by atoms with Gasteiger partial charge in [-0.15, -0.1) is 0 Å². The van der Waals surface area contributed by atoms with Gasteiger partial charge in [0.25, 0.3) is 0 Å². The lowest BCUT2D eigenvalue weighted by Gasteiger charge is -2.37. The van der Waals surface area contributed by atoms with Gasteiger partial charge in [0.1, 0.15) is 0 Å². The van der Waals surface area contributed by atoms with E-state index in [0.717, 1.165) is 5.92 Å². The van der Waals surface area contributed by atoms with Crippen LogP contribution in [-0.2, 0) is 11.8 Å².